The second-order valence-electron chi connectivity index (χ2n) is 3.30. The minimum atomic E-state index is -0.714. The third kappa shape index (κ3) is 2.96. The summed E-state index contributed by atoms with van der Waals surface area (Å²) >= 11 is 6.05. The predicted octanol–water partition coefficient (Wildman–Crippen LogP) is 1.84. The Morgan fingerprint density at radius 1 is 1.47 bits per heavy atom. The minimum Gasteiger partial charge on any atom is -0.316 e. The van der Waals surface area contributed by atoms with Gasteiger partial charge in [0.05, 0.1) is 0 Å². The lowest BCUT2D eigenvalue weighted by Gasteiger charge is -2.10. The summed E-state index contributed by atoms with van der Waals surface area (Å²) in [6, 6.07) is 8.43. The topological polar surface area (TPSA) is 83.8 Å². The summed E-state index contributed by atoms with van der Waals surface area (Å²) < 4.78 is 0.508. The van der Waals surface area contributed by atoms with Gasteiger partial charge >= 0.3 is 0 Å². The van der Waals surface area contributed by atoms with Crippen LogP contribution in [0.5, 0.6) is 0 Å². The molecule has 1 heterocycles. The Balaban J connectivity index is 2.08. The van der Waals surface area contributed by atoms with Crippen molar-refractivity contribution in [1.82, 2.24) is 10.2 Å². The van der Waals surface area contributed by atoms with Gasteiger partial charge in [0.25, 0.3) is 0 Å². The highest BCUT2D eigenvalue weighted by atomic mass is 32.1. The number of rotatable bonds is 3. The van der Waals surface area contributed by atoms with Crippen molar-refractivity contribution in [2.75, 3.05) is 5.32 Å². The average Bonchev–Trinajstić information content (AvgIpc) is 2.75. The molecule has 0 aliphatic rings. The monoisotopic (exact) mass is 266 g/mol. The maximum Gasteiger partial charge on any atom is 0.247 e. The lowest BCUT2D eigenvalue weighted by atomic mass is 10.1. The molecular formula is C10H10N4OS2. The van der Waals surface area contributed by atoms with E-state index in [1.54, 1.807) is 12.1 Å². The number of nitrogens with zero attached hydrogens (tertiary/aromatic N) is 1. The van der Waals surface area contributed by atoms with Gasteiger partial charge in [-0.05, 0) is 17.8 Å². The van der Waals surface area contributed by atoms with Crippen molar-refractivity contribution < 1.29 is 4.79 Å². The molecule has 0 radical (unpaired) electrons. The number of anilines is 1. The molecule has 0 aliphatic carbocycles. The fourth-order valence-corrected chi connectivity index (χ4v) is 2.07. The first-order valence-electron chi connectivity index (χ1n) is 4.84. The summed E-state index contributed by atoms with van der Waals surface area (Å²) in [4.78, 5) is 11.8. The second-order valence-corrected chi connectivity index (χ2v) is 4.96. The van der Waals surface area contributed by atoms with Crippen LogP contribution in [0.4, 0.5) is 5.13 Å². The molecule has 7 heteroatoms. The SMILES string of the molecule is NC(C(=O)Nc1n[nH]c(=S)s1)c1ccccc1. The Labute approximate surface area is 107 Å². The zero-order valence-corrected chi connectivity index (χ0v) is 10.3. The first-order valence-corrected chi connectivity index (χ1v) is 6.06. The Morgan fingerprint density at radius 2 is 2.18 bits per heavy atom. The first kappa shape index (κ1) is 11.9. The molecule has 2 rings (SSSR count). The first-order chi connectivity index (χ1) is 8.16. The lowest BCUT2D eigenvalue weighted by Crippen LogP contribution is -2.27. The van der Waals surface area contributed by atoms with Crippen molar-refractivity contribution in [1.29, 1.82) is 0 Å². The molecular weight excluding hydrogens is 256 g/mol. The van der Waals surface area contributed by atoms with Crippen LogP contribution in [0.1, 0.15) is 11.6 Å². The van der Waals surface area contributed by atoms with Crippen molar-refractivity contribution >= 4 is 34.6 Å². The number of nitrogens with two attached hydrogens (primary N) is 1. The summed E-state index contributed by atoms with van der Waals surface area (Å²) in [6.07, 6.45) is 0. The molecule has 1 atom stereocenters. The molecule has 88 valence electrons. The van der Waals surface area contributed by atoms with Crippen molar-refractivity contribution in [3.63, 3.8) is 0 Å². The highest BCUT2D eigenvalue weighted by Gasteiger charge is 2.16. The molecule has 0 saturated carbocycles. The maximum absolute atomic E-state index is 11.8. The van der Waals surface area contributed by atoms with E-state index in [2.05, 4.69) is 15.5 Å². The predicted molar refractivity (Wildman–Crippen MR) is 69.3 cm³/mol. The molecule has 0 fully saturated rings. The van der Waals surface area contributed by atoms with E-state index < -0.39 is 6.04 Å². The largest absolute Gasteiger partial charge is 0.316 e. The molecule has 4 N–H and O–H groups in total. The van der Waals surface area contributed by atoms with Crippen LogP contribution >= 0.6 is 23.6 Å². The average molecular weight is 266 g/mol. The van der Waals surface area contributed by atoms with Crippen LogP contribution in [0, 0.1) is 3.95 Å². The fraction of sp³-hybridized carbons (Fsp3) is 0.100. The van der Waals surface area contributed by atoms with Crippen LogP contribution in [-0.4, -0.2) is 16.1 Å². The van der Waals surface area contributed by atoms with E-state index in [1.165, 1.54) is 11.3 Å². The van der Waals surface area contributed by atoms with Gasteiger partial charge in [-0.2, -0.15) is 0 Å². The third-order valence-corrected chi connectivity index (χ3v) is 3.11. The van der Waals surface area contributed by atoms with Gasteiger partial charge in [0.2, 0.25) is 11.0 Å². The molecule has 0 saturated heterocycles. The van der Waals surface area contributed by atoms with E-state index in [0.717, 1.165) is 5.56 Å². The van der Waals surface area contributed by atoms with Gasteiger partial charge in [0.1, 0.15) is 6.04 Å². The Bertz CT molecular complexity index is 563. The number of nitrogens with one attached hydrogen (secondary N) is 2. The summed E-state index contributed by atoms with van der Waals surface area (Å²) in [7, 11) is 0. The van der Waals surface area contributed by atoms with Crippen LogP contribution in [0.15, 0.2) is 30.3 Å². The van der Waals surface area contributed by atoms with Crippen LogP contribution in [-0.2, 0) is 4.79 Å². The normalized spacial score (nSPS) is 12.1. The van der Waals surface area contributed by atoms with E-state index in [9.17, 15) is 4.79 Å². The van der Waals surface area contributed by atoms with Crippen molar-refractivity contribution in [2.45, 2.75) is 6.04 Å². The van der Waals surface area contributed by atoms with E-state index in [4.69, 9.17) is 18.0 Å². The van der Waals surface area contributed by atoms with Gasteiger partial charge in [-0.3, -0.25) is 15.2 Å². The van der Waals surface area contributed by atoms with Gasteiger partial charge in [-0.15, -0.1) is 5.10 Å². The lowest BCUT2D eigenvalue weighted by molar-refractivity contribution is -0.117. The van der Waals surface area contributed by atoms with E-state index in [1.807, 2.05) is 18.2 Å². The Hall–Kier alpha value is -1.57. The number of aromatic amines is 1. The number of hydrogen-bond acceptors (Lipinski definition) is 5. The van der Waals surface area contributed by atoms with Crippen molar-refractivity contribution in [3.05, 3.63) is 39.8 Å². The third-order valence-electron chi connectivity index (χ3n) is 2.11. The summed E-state index contributed by atoms with van der Waals surface area (Å²) in [6.45, 7) is 0. The quantitative estimate of drug-likeness (QED) is 0.740. The zero-order chi connectivity index (χ0) is 12.3. The molecule has 2 aromatic rings. The highest BCUT2D eigenvalue weighted by Crippen LogP contribution is 2.15. The molecule has 1 amide bonds. The molecule has 0 spiro atoms. The van der Waals surface area contributed by atoms with Crippen LogP contribution < -0.4 is 11.1 Å². The minimum absolute atomic E-state index is 0.311. The number of aromatic nitrogens is 2. The number of benzene rings is 1. The van der Waals surface area contributed by atoms with Crippen LogP contribution in [0.3, 0.4) is 0 Å². The summed E-state index contributed by atoms with van der Waals surface area (Å²) in [5.41, 5.74) is 6.58. The van der Waals surface area contributed by atoms with Gasteiger partial charge in [0, 0.05) is 0 Å². The number of amides is 1. The van der Waals surface area contributed by atoms with Gasteiger partial charge in [0.15, 0.2) is 3.95 Å². The zero-order valence-electron chi connectivity index (χ0n) is 8.71. The van der Waals surface area contributed by atoms with E-state index >= 15 is 0 Å². The Kier molecular flexibility index (Phi) is 3.62. The smallest absolute Gasteiger partial charge is 0.247 e. The van der Waals surface area contributed by atoms with Crippen molar-refractivity contribution in [2.24, 2.45) is 5.73 Å². The van der Waals surface area contributed by atoms with Gasteiger partial charge < -0.3 is 5.73 Å². The molecule has 1 aromatic carbocycles. The molecule has 5 nitrogen and oxygen atoms in total. The summed E-state index contributed by atoms with van der Waals surface area (Å²) in [5.74, 6) is -0.311. The molecule has 1 unspecified atom stereocenters. The highest BCUT2D eigenvalue weighted by molar-refractivity contribution is 7.73. The van der Waals surface area contributed by atoms with Crippen molar-refractivity contribution in [3.8, 4) is 0 Å². The Morgan fingerprint density at radius 3 is 2.76 bits per heavy atom. The van der Waals surface area contributed by atoms with Gasteiger partial charge in [-0.1, -0.05) is 41.7 Å². The number of carbonyl (C=O) groups excluding carboxylic acids is 1. The van der Waals surface area contributed by atoms with Crippen LogP contribution in [0.25, 0.3) is 0 Å². The number of H-pyrrole nitrogens is 1. The standard InChI is InChI=1S/C10H10N4OS2/c11-7(6-4-2-1-3-5-6)8(15)12-9-13-14-10(16)17-9/h1-5,7H,11H2,(H,14,16)(H,12,13,15). The number of hydrogen-bond donors (Lipinski definition) is 3. The molecule has 0 aliphatic heterocycles. The van der Waals surface area contributed by atoms with E-state index in [-0.39, 0.29) is 5.91 Å². The maximum atomic E-state index is 11.8. The molecule has 0 bridgehead atoms. The van der Waals surface area contributed by atoms with Crippen LogP contribution in [0.2, 0.25) is 0 Å². The van der Waals surface area contributed by atoms with Gasteiger partial charge in [-0.25, -0.2) is 0 Å². The fourth-order valence-electron chi connectivity index (χ4n) is 1.28. The number of carbonyl (C=O) groups is 1. The van der Waals surface area contributed by atoms with E-state index in [0.29, 0.717) is 9.09 Å². The second kappa shape index (κ2) is 5.17. The molecule has 17 heavy (non-hydrogen) atoms. The molecule has 1 aromatic heterocycles. The summed E-state index contributed by atoms with van der Waals surface area (Å²) in [5, 5.41) is 9.44.